The molecule has 1 fully saturated rings. The summed E-state index contributed by atoms with van der Waals surface area (Å²) in [6.45, 7) is 5.06. The van der Waals surface area contributed by atoms with Crippen LogP contribution in [0.2, 0.25) is 0 Å². The Morgan fingerprint density at radius 3 is 2.79 bits per heavy atom. The monoisotopic (exact) mass is 405 g/mol. The zero-order valence-electron chi connectivity index (χ0n) is 17.7. The van der Waals surface area contributed by atoms with Crippen molar-refractivity contribution in [3.63, 3.8) is 0 Å². The number of hydrogen-bond donors (Lipinski definition) is 1. The number of nitrogens with zero attached hydrogens (tertiary/aromatic N) is 2. The van der Waals surface area contributed by atoms with Crippen LogP contribution in [0, 0.1) is 5.92 Å². The third kappa shape index (κ3) is 6.04. The van der Waals surface area contributed by atoms with Crippen molar-refractivity contribution in [2.75, 3.05) is 26.4 Å². The first-order chi connectivity index (χ1) is 14.2. The molecule has 3 rings (SSSR count). The second-order valence-corrected chi connectivity index (χ2v) is 8.03. The van der Waals surface area contributed by atoms with Crippen LogP contribution in [0.1, 0.15) is 80.0 Å². The number of aryl methyl sites for hydroxylation is 2. The summed E-state index contributed by atoms with van der Waals surface area (Å²) >= 11 is 0. The Morgan fingerprint density at radius 2 is 2.00 bits per heavy atom. The van der Waals surface area contributed by atoms with Crippen LogP contribution in [-0.2, 0) is 33.7 Å². The molecule has 2 heterocycles. The molecule has 1 amide bonds. The van der Waals surface area contributed by atoms with Gasteiger partial charge in [-0.15, -0.1) is 0 Å². The fourth-order valence-corrected chi connectivity index (χ4v) is 4.25. The molecule has 7 heteroatoms. The molecular formula is C22H35N3O4. The predicted octanol–water partition coefficient (Wildman–Crippen LogP) is 3.04. The van der Waals surface area contributed by atoms with Gasteiger partial charge in [0.15, 0.2) is 0 Å². The lowest BCUT2D eigenvalue weighted by molar-refractivity contribution is -0.149. The van der Waals surface area contributed by atoms with E-state index in [1.807, 2.05) is 11.6 Å². The first-order valence-electron chi connectivity index (χ1n) is 11.3. The lowest BCUT2D eigenvalue weighted by Crippen LogP contribution is -2.26. The molecule has 2 aliphatic rings. The largest absolute Gasteiger partial charge is 0.465 e. The maximum atomic E-state index is 12.7. The molecule has 7 nitrogen and oxygen atoms in total. The van der Waals surface area contributed by atoms with E-state index in [4.69, 9.17) is 14.6 Å². The molecule has 0 aromatic carbocycles. The van der Waals surface area contributed by atoms with E-state index in [0.29, 0.717) is 39.3 Å². The SMILES string of the molecule is CCc1nn(CCCOC(=O)C2CCCCC2)c2c1C(=O)NCCCOCCC2. The van der Waals surface area contributed by atoms with Crippen molar-refractivity contribution in [2.24, 2.45) is 5.92 Å². The van der Waals surface area contributed by atoms with Crippen molar-refractivity contribution in [3.8, 4) is 0 Å². The normalized spacial score (nSPS) is 19.1. The molecule has 1 aromatic rings. The van der Waals surface area contributed by atoms with E-state index >= 15 is 0 Å². The number of aromatic nitrogens is 2. The second-order valence-electron chi connectivity index (χ2n) is 8.03. The summed E-state index contributed by atoms with van der Waals surface area (Å²) in [4.78, 5) is 25.0. The average Bonchev–Trinajstić information content (AvgIpc) is 3.08. The molecule has 0 spiro atoms. The lowest BCUT2D eigenvalue weighted by atomic mass is 9.89. The fraction of sp³-hybridized carbons (Fsp3) is 0.773. The van der Waals surface area contributed by atoms with Crippen molar-refractivity contribution >= 4 is 11.9 Å². The van der Waals surface area contributed by atoms with Gasteiger partial charge in [0, 0.05) is 32.7 Å². The number of rotatable bonds is 6. The van der Waals surface area contributed by atoms with Gasteiger partial charge in [-0.1, -0.05) is 26.2 Å². The highest BCUT2D eigenvalue weighted by atomic mass is 16.5. The van der Waals surface area contributed by atoms with Crippen LogP contribution in [0.4, 0.5) is 0 Å². The van der Waals surface area contributed by atoms with Crippen LogP contribution in [0.5, 0.6) is 0 Å². The summed E-state index contributed by atoms with van der Waals surface area (Å²) < 4.78 is 13.1. The summed E-state index contributed by atoms with van der Waals surface area (Å²) in [5, 5.41) is 7.71. The van der Waals surface area contributed by atoms with Crippen LogP contribution in [0.25, 0.3) is 0 Å². The van der Waals surface area contributed by atoms with Gasteiger partial charge in [0.05, 0.1) is 29.5 Å². The minimum atomic E-state index is -0.0461. The minimum Gasteiger partial charge on any atom is -0.465 e. The van der Waals surface area contributed by atoms with Gasteiger partial charge < -0.3 is 14.8 Å². The Morgan fingerprint density at radius 1 is 1.21 bits per heavy atom. The van der Waals surface area contributed by atoms with E-state index in [9.17, 15) is 9.59 Å². The van der Waals surface area contributed by atoms with Gasteiger partial charge in [-0.25, -0.2) is 0 Å². The van der Waals surface area contributed by atoms with Crippen molar-refractivity contribution in [2.45, 2.75) is 77.7 Å². The van der Waals surface area contributed by atoms with Gasteiger partial charge >= 0.3 is 5.97 Å². The number of fused-ring (bicyclic) bond motifs is 1. The van der Waals surface area contributed by atoms with E-state index in [2.05, 4.69) is 5.32 Å². The van der Waals surface area contributed by atoms with E-state index in [0.717, 1.165) is 68.3 Å². The molecule has 1 N–H and O–H groups in total. The molecule has 0 saturated heterocycles. The molecule has 0 bridgehead atoms. The zero-order valence-corrected chi connectivity index (χ0v) is 17.7. The molecule has 162 valence electrons. The van der Waals surface area contributed by atoms with Gasteiger partial charge in [0.25, 0.3) is 5.91 Å². The van der Waals surface area contributed by atoms with E-state index in [1.165, 1.54) is 6.42 Å². The maximum absolute atomic E-state index is 12.7. The predicted molar refractivity (Wildman–Crippen MR) is 110 cm³/mol. The molecule has 0 unspecified atom stereocenters. The van der Waals surface area contributed by atoms with Crippen LogP contribution < -0.4 is 5.32 Å². The van der Waals surface area contributed by atoms with Gasteiger partial charge in [0.1, 0.15) is 0 Å². The number of hydrogen-bond acceptors (Lipinski definition) is 5. The number of amides is 1. The molecule has 29 heavy (non-hydrogen) atoms. The summed E-state index contributed by atoms with van der Waals surface area (Å²) in [6.07, 6.45) is 9.28. The number of carbonyl (C=O) groups excluding carboxylic acids is 2. The van der Waals surface area contributed by atoms with Crippen LogP contribution >= 0.6 is 0 Å². The third-order valence-corrected chi connectivity index (χ3v) is 5.84. The highest BCUT2D eigenvalue weighted by molar-refractivity contribution is 5.96. The van der Waals surface area contributed by atoms with Gasteiger partial charge in [-0.2, -0.15) is 5.10 Å². The Kier molecular flexibility index (Phi) is 8.52. The summed E-state index contributed by atoms with van der Waals surface area (Å²) in [7, 11) is 0. The second kappa shape index (κ2) is 11.3. The van der Waals surface area contributed by atoms with Crippen molar-refractivity contribution < 1.29 is 19.1 Å². The van der Waals surface area contributed by atoms with Gasteiger partial charge in [-0.05, 0) is 38.5 Å². The third-order valence-electron chi connectivity index (χ3n) is 5.84. The average molecular weight is 406 g/mol. The van der Waals surface area contributed by atoms with E-state index in [1.54, 1.807) is 0 Å². The topological polar surface area (TPSA) is 82.5 Å². The molecule has 0 atom stereocenters. The Hall–Kier alpha value is -1.89. The Labute approximate surface area is 173 Å². The smallest absolute Gasteiger partial charge is 0.308 e. The van der Waals surface area contributed by atoms with Crippen LogP contribution in [0.3, 0.4) is 0 Å². The summed E-state index contributed by atoms with van der Waals surface area (Å²) in [6, 6.07) is 0. The maximum Gasteiger partial charge on any atom is 0.308 e. The first-order valence-corrected chi connectivity index (χ1v) is 11.3. The highest BCUT2D eigenvalue weighted by Gasteiger charge is 2.24. The standard InChI is InChI=1S/C22H35N3O4/c1-2-18-20-19(11-6-14-28-15-7-12-23-21(20)26)25(24-18)13-8-16-29-22(27)17-9-4-3-5-10-17/h17H,2-16H2,1H3,(H,23,26). The number of ether oxygens (including phenoxy) is 2. The van der Waals surface area contributed by atoms with Crippen molar-refractivity contribution in [1.82, 2.24) is 15.1 Å². The lowest BCUT2D eigenvalue weighted by Gasteiger charge is -2.19. The number of esters is 1. The molecule has 1 aliphatic heterocycles. The van der Waals surface area contributed by atoms with Gasteiger partial charge in [0.2, 0.25) is 0 Å². The first kappa shape index (κ1) is 21.8. The Balaban J connectivity index is 1.61. The molecular weight excluding hydrogens is 370 g/mol. The molecule has 1 aromatic heterocycles. The zero-order chi connectivity index (χ0) is 20.5. The number of carbonyl (C=O) groups is 2. The van der Waals surface area contributed by atoms with Crippen molar-refractivity contribution in [3.05, 3.63) is 17.0 Å². The summed E-state index contributed by atoms with van der Waals surface area (Å²) in [5.74, 6) is 0.00412. The van der Waals surface area contributed by atoms with Crippen LogP contribution in [0.15, 0.2) is 0 Å². The Bertz CT molecular complexity index is 680. The number of nitrogens with one attached hydrogen (secondary N) is 1. The van der Waals surface area contributed by atoms with Crippen molar-refractivity contribution in [1.29, 1.82) is 0 Å². The van der Waals surface area contributed by atoms with E-state index in [-0.39, 0.29) is 17.8 Å². The molecule has 0 radical (unpaired) electrons. The fourth-order valence-electron chi connectivity index (χ4n) is 4.25. The quantitative estimate of drug-likeness (QED) is 0.581. The van der Waals surface area contributed by atoms with Gasteiger partial charge in [-0.3, -0.25) is 14.3 Å². The highest BCUT2D eigenvalue weighted by Crippen LogP contribution is 2.24. The van der Waals surface area contributed by atoms with Crippen LogP contribution in [-0.4, -0.2) is 48.0 Å². The molecule has 1 saturated carbocycles. The summed E-state index contributed by atoms with van der Waals surface area (Å²) in [5.41, 5.74) is 2.55. The van der Waals surface area contributed by atoms with E-state index < -0.39 is 0 Å². The molecule has 1 aliphatic carbocycles. The minimum absolute atomic E-state index is 0.0336.